The highest BCUT2D eigenvalue weighted by molar-refractivity contribution is 7.47. The molecule has 2 heterocycles. The van der Waals surface area contributed by atoms with Crippen molar-refractivity contribution in [2.45, 2.75) is 51.3 Å². The highest BCUT2D eigenvalue weighted by Crippen LogP contribution is 2.48. The van der Waals surface area contributed by atoms with Crippen molar-refractivity contribution in [1.82, 2.24) is 9.55 Å². The monoisotopic (exact) mass is 469 g/mol. The van der Waals surface area contributed by atoms with E-state index >= 15 is 8.78 Å². The van der Waals surface area contributed by atoms with E-state index in [2.05, 4.69) is 14.7 Å². The molecule has 1 aromatic rings. The molecule has 1 aliphatic heterocycles. The number of rotatable bonds is 11. The number of hydrogen-bond donors (Lipinski definition) is 4. The average molecular weight is 469 g/mol. The lowest BCUT2D eigenvalue weighted by Crippen LogP contribution is -2.45. The molecule has 174 valence electrons. The van der Waals surface area contributed by atoms with Crippen LogP contribution in [0.25, 0.3) is 0 Å². The average Bonchev–Trinajstić information content (AvgIpc) is 2.88. The molecule has 4 N–H and O–H groups in total. The number of anilines is 1. The molecule has 1 fully saturated rings. The van der Waals surface area contributed by atoms with Gasteiger partial charge in [0.25, 0.3) is 0 Å². The summed E-state index contributed by atoms with van der Waals surface area (Å²) >= 11 is 0. The molecule has 1 saturated heterocycles. The maximum absolute atomic E-state index is 15.1. The van der Waals surface area contributed by atoms with Gasteiger partial charge in [-0.2, -0.15) is 13.8 Å². The summed E-state index contributed by atoms with van der Waals surface area (Å²) in [6.07, 6.45) is -4.58. The fourth-order valence-corrected chi connectivity index (χ4v) is 3.60. The van der Waals surface area contributed by atoms with Gasteiger partial charge in [-0.1, -0.05) is 6.92 Å². The minimum Gasteiger partial charge on any atom is -0.433 e. The molecule has 0 amide bonds. The molecule has 1 aliphatic rings. The second kappa shape index (κ2) is 10.5. The van der Waals surface area contributed by atoms with E-state index in [1.807, 2.05) is 0 Å². The zero-order chi connectivity index (χ0) is 23.4. The van der Waals surface area contributed by atoms with Gasteiger partial charge in [-0.3, -0.25) is 13.6 Å². The Bertz CT molecular complexity index is 847. The van der Waals surface area contributed by atoms with E-state index in [0.717, 1.165) is 13.0 Å². The van der Waals surface area contributed by atoms with E-state index < -0.39 is 58.6 Å². The lowest BCUT2D eigenvalue weighted by Gasteiger charge is -2.25. The van der Waals surface area contributed by atoms with Crippen LogP contribution >= 0.6 is 7.82 Å². The highest BCUT2D eigenvalue weighted by atomic mass is 31.2. The molecule has 12 nitrogen and oxygen atoms in total. The number of halogens is 2. The number of phosphoric ester groups is 1. The van der Waals surface area contributed by atoms with Crippen LogP contribution < -0.4 is 10.9 Å². The first kappa shape index (κ1) is 25.9. The van der Waals surface area contributed by atoms with Crippen molar-refractivity contribution in [3.05, 3.63) is 22.7 Å². The van der Waals surface area contributed by atoms with E-state index in [4.69, 9.17) is 13.9 Å². The van der Waals surface area contributed by atoms with Crippen molar-refractivity contribution in [3.63, 3.8) is 0 Å². The van der Waals surface area contributed by atoms with Gasteiger partial charge in [0, 0.05) is 6.20 Å². The molecule has 2 rings (SSSR count). The maximum Gasteiger partial charge on any atom is 0.472 e. The van der Waals surface area contributed by atoms with Gasteiger partial charge in [-0.15, -0.1) is 0 Å². The number of ether oxygens (including phenoxy) is 1. The third-order valence-electron chi connectivity index (χ3n) is 3.99. The summed E-state index contributed by atoms with van der Waals surface area (Å²) < 4.78 is 61.9. The van der Waals surface area contributed by atoms with Gasteiger partial charge >= 0.3 is 33.6 Å². The number of alkyl halides is 2. The first-order chi connectivity index (χ1) is 14.4. The first-order valence-electron chi connectivity index (χ1n) is 9.40. The summed E-state index contributed by atoms with van der Waals surface area (Å²) in [7, 11) is -7.22. The number of nitrogens with zero attached hydrogens (tertiary/aromatic N) is 2. The van der Waals surface area contributed by atoms with Crippen molar-refractivity contribution in [2.75, 3.05) is 18.4 Å². The normalized spacial score (nSPS) is 24.6. The van der Waals surface area contributed by atoms with Gasteiger partial charge in [0.15, 0.2) is 0 Å². The molecule has 0 radical (unpaired) electrons. The van der Waals surface area contributed by atoms with E-state index in [1.165, 1.54) is 12.9 Å². The van der Waals surface area contributed by atoms with Gasteiger partial charge in [0.2, 0.25) is 6.23 Å². The van der Waals surface area contributed by atoms with E-state index in [9.17, 15) is 24.3 Å². The standard InChI is InChI=1S/C14H24B2F2N3O9P/c1-4-7-27-31(25,26)28-8-9-11(30-16(3)24)14(17,18)12(29-9)21-6-5-10(19-13(21)22)20-15(2)23/h5-6,9,11-12,23-24H,4,7-8H2,1-3H3,(H,25,26)(H,19,20,22). The summed E-state index contributed by atoms with van der Waals surface area (Å²) in [4.78, 5) is 25.4. The first-order valence-corrected chi connectivity index (χ1v) is 10.9. The van der Waals surface area contributed by atoms with Gasteiger partial charge in [0.05, 0.1) is 13.2 Å². The van der Waals surface area contributed by atoms with Crippen molar-refractivity contribution in [1.29, 1.82) is 0 Å². The molecule has 0 saturated carbocycles. The maximum atomic E-state index is 15.1. The Kier molecular flexibility index (Phi) is 8.76. The van der Waals surface area contributed by atoms with Crippen LogP contribution in [0.3, 0.4) is 0 Å². The van der Waals surface area contributed by atoms with Crippen LogP contribution in [0.2, 0.25) is 13.6 Å². The Hall–Kier alpha value is -1.38. The van der Waals surface area contributed by atoms with Gasteiger partial charge in [0.1, 0.15) is 18.0 Å². The molecular weight excluding hydrogens is 445 g/mol. The van der Waals surface area contributed by atoms with Crippen LogP contribution in [0.5, 0.6) is 0 Å². The largest absolute Gasteiger partial charge is 0.472 e. The molecule has 4 atom stereocenters. The summed E-state index contributed by atoms with van der Waals surface area (Å²) in [5.41, 5.74) is -1.12. The zero-order valence-electron chi connectivity index (χ0n) is 17.1. The minimum atomic E-state index is -4.54. The molecule has 31 heavy (non-hydrogen) atoms. The summed E-state index contributed by atoms with van der Waals surface area (Å²) in [6.45, 7) is 3.21. The highest BCUT2D eigenvalue weighted by Gasteiger charge is 2.61. The number of hydrogen-bond acceptors (Lipinski definition) is 10. The van der Waals surface area contributed by atoms with Crippen LogP contribution in [-0.2, 0) is 23.0 Å². The van der Waals surface area contributed by atoms with Crippen molar-refractivity contribution in [3.8, 4) is 0 Å². The lowest BCUT2D eigenvalue weighted by atomic mass is 9.89. The predicted molar refractivity (Wildman–Crippen MR) is 106 cm³/mol. The van der Waals surface area contributed by atoms with Crippen molar-refractivity contribution in [2.24, 2.45) is 0 Å². The number of phosphoric acid groups is 1. The Morgan fingerprint density at radius 2 is 2.06 bits per heavy atom. The van der Waals surface area contributed by atoms with Crippen molar-refractivity contribution < 1.29 is 46.7 Å². The minimum absolute atomic E-state index is 0.0523. The Morgan fingerprint density at radius 3 is 2.61 bits per heavy atom. The third kappa shape index (κ3) is 6.80. The quantitative estimate of drug-likeness (QED) is 0.261. The lowest BCUT2D eigenvalue weighted by molar-refractivity contribution is -0.138. The number of aromatic nitrogens is 2. The predicted octanol–water partition coefficient (Wildman–Crippen LogP) is 0.337. The van der Waals surface area contributed by atoms with Gasteiger partial charge < -0.3 is 29.6 Å². The van der Waals surface area contributed by atoms with Crippen LogP contribution in [0.4, 0.5) is 14.6 Å². The smallest absolute Gasteiger partial charge is 0.433 e. The Balaban J connectivity index is 2.27. The summed E-state index contributed by atoms with van der Waals surface area (Å²) in [6, 6.07) is 1.17. The molecular formula is C14H24B2F2N3O9P. The van der Waals surface area contributed by atoms with Crippen LogP contribution in [0, 0.1) is 0 Å². The summed E-state index contributed by atoms with van der Waals surface area (Å²) in [5, 5.41) is 21.2. The molecule has 4 unspecified atom stereocenters. The second-order valence-electron chi connectivity index (χ2n) is 6.78. The zero-order valence-corrected chi connectivity index (χ0v) is 17.9. The van der Waals surface area contributed by atoms with Crippen LogP contribution in [0.15, 0.2) is 17.1 Å². The van der Waals surface area contributed by atoms with Gasteiger partial charge in [-0.05, 0) is 26.1 Å². The topological polar surface area (TPSA) is 162 Å². The molecule has 0 spiro atoms. The van der Waals surface area contributed by atoms with Gasteiger partial charge in [-0.25, -0.2) is 9.36 Å². The second-order valence-corrected chi connectivity index (χ2v) is 8.23. The molecule has 0 bridgehead atoms. The Labute approximate surface area is 177 Å². The van der Waals surface area contributed by atoms with Crippen molar-refractivity contribution >= 4 is 27.8 Å². The molecule has 17 heteroatoms. The van der Waals surface area contributed by atoms with E-state index in [1.54, 1.807) is 6.92 Å². The Morgan fingerprint density at radius 1 is 1.39 bits per heavy atom. The van der Waals surface area contributed by atoms with Crippen LogP contribution in [0.1, 0.15) is 19.6 Å². The molecule has 1 aromatic heterocycles. The number of nitrogens with one attached hydrogen (secondary N) is 1. The van der Waals surface area contributed by atoms with Crippen LogP contribution in [-0.4, -0.2) is 70.0 Å². The molecule has 0 aliphatic carbocycles. The van der Waals surface area contributed by atoms with E-state index in [0.29, 0.717) is 11.0 Å². The molecule has 0 aromatic carbocycles. The fraction of sp³-hybridized carbons (Fsp3) is 0.714. The summed E-state index contributed by atoms with van der Waals surface area (Å²) in [5.74, 6) is -3.91. The fourth-order valence-electron chi connectivity index (χ4n) is 2.78. The van der Waals surface area contributed by atoms with E-state index in [-0.39, 0.29) is 12.4 Å². The third-order valence-corrected chi connectivity index (χ3v) is 4.98. The SMILES string of the molecule is CCCOP(=O)(O)OCC1OC(n2ccc(NB(C)O)nc2=O)C(F)(F)C1OB(C)O.